The minimum absolute atomic E-state index is 0.000216. The number of aromatic amines is 1. The molecule has 1 aliphatic heterocycles. The molecule has 4 rings (SSSR count). The second-order valence-electron chi connectivity index (χ2n) is 6.31. The molecule has 3 heterocycles. The fourth-order valence-corrected chi connectivity index (χ4v) is 4.37. The van der Waals surface area contributed by atoms with Gasteiger partial charge in [-0.1, -0.05) is 23.7 Å². The Morgan fingerprint density at radius 2 is 2.04 bits per heavy atom. The molecular weight excluding hydrogens is 354 g/mol. The van der Waals surface area contributed by atoms with E-state index in [1.165, 1.54) is 15.3 Å². The Balaban J connectivity index is 1.50. The first-order valence-electron chi connectivity index (χ1n) is 8.24. The molecule has 25 heavy (non-hydrogen) atoms. The molecule has 2 aromatic heterocycles. The van der Waals surface area contributed by atoms with E-state index < -0.39 is 0 Å². The Hall–Kier alpha value is -1.95. The van der Waals surface area contributed by atoms with E-state index in [1.807, 2.05) is 31.2 Å². The average molecular weight is 372 g/mol. The zero-order valence-electron chi connectivity index (χ0n) is 13.9. The quantitative estimate of drug-likeness (QED) is 0.756. The fraction of sp³-hybridized carbons (Fsp3) is 0.263. The predicted octanol–water partition coefficient (Wildman–Crippen LogP) is 4.02. The number of hydrogen-bond donors (Lipinski definition) is 1. The largest absolute Gasteiger partial charge is 0.310 e. The number of thiophene rings is 1. The number of aryl methyl sites for hydroxylation is 1. The maximum absolute atomic E-state index is 12.2. The molecule has 3 aromatic rings. The highest BCUT2D eigenvalue weighted by molar-refractivity contribution is 7.15. The van der Waals surface area contributed by atoms with Gasteiger partial charge in [0.1, 0.15) is 5.82 Å². The lowest BCUT2D eigenvalue weighted by Crippen LogP contribution is -2.35. The summed E-state index contributed by atoms with van der Waals surface area (Å²) < 4.78 is 0. The molecule has 0 aliphatic carbocycles. The van der Waals surface area contributed by atoms with Crippen molar-refractivity contribution < 1.29 is 0 Å². The van der Waals surface area contributed by atoms with E-state index in [0.717, 1.165) is 35.8 Å². The van der Waals surface area contributed by atoms with Crippen molar-refractivity contribution in [2.45, 2.75) is 26.4 Å². The molecule has 6 heteroatoms. The molecule has 1 aromatic carbocycles. The van der Waals surface area contributed by atoms with Gasteiger partial charge in [-0.3, -0.25) is 9.69 Å². The van der Waals surface area contributed by atoms with Gasteiger partial charge in [-0.15, -0.1) is 11.3 Å². The van der Waals surface area contributed by atoms with Crippen LogP contribution in [0.25, 0.3) is 10.4 Å². The minimum Gasteiger partial charge on any atom is -0.310 e. The smallest absolute Gasteiger partial charge is 0.255 e. The van der Waals surface area contributed by atoms with Gasteiger partial charge in [0.05, 0.1) is 11.3 Å². The molecule has 0 amide bonds. The van der Waals surface area contributed by atoms with Crippen molar-refractivity contribution in [3.05, 3.63) is 73.7 Å². The van der Waals surface area contributed by atoms with Crippen LogP contribution in [0.3, 0.4) is 0 Å². The zero-order chi connectivity index (χ0) is 17.4. The Labute approximate surface area is 155 Å². The van der Waals surface area contributed by atoms with E-state index in [4.69, 9.17) is 11.6 Å². The number of rotatable bonds is 3. The van der Waals surface area contributed by atoms with Gasteiger partial charge >= 0.3 is 0 Å². The van der Waals surface area contributed by atoms with Gasteiger partial charge in [0, 0.05) is 40.8 Å². The number of nitrogens with zero attached hydrogens (tertiary/aromatic N) is 2. The molecule has 1 N–H and O–H groups in total. The average Bonchev–Trinajstić information content (AvgIpc) is 3.04. The van der Waals surface area contributed by atoms with Crippen LogP contribution in [0.15, 0.2) is 41.2 Å². The number of H-pyrrole nitrogens is 1. The minimum atomic E-state index is 0.000216. The van der Waals surface area contributed by atoms with Crippen molar-refractivity contribution in [1.82, 2.24) is 14.9 Å². The summed E-state index contributed by atoms with van der Waals surface area (Å²) in [5.74, 6) is 0.697. The topological polar surface area (TPSA) is 49.0 Å². The van der Waals surface area contributed by atoms with Crippen LogP contribution in [0.4, 0.5) is 0 Å². The van der Waals surface area contributed by atoms with Crippen LogP contribution >= 0.6 is 22.9 Å². The Bertz CT molecular complexity index is 962. The SMILES string of the molecule is Cc1nc2c(c(=O)[nH]1)CN(Cc1ccc(-c3ccc(Cl)cc3)s1)CC2. The van der Waals surface area contributed by atoms with E-state index in [1.54, 1.807) is 11.3 Å². The van der Waals surface area contributed by atoms with Crippen molar-refractivity contribution in [3.8, 4) is 10.4 Å². The van der Waals surface area contributed by atoms with Crippen molar-refractivity contribution in [1.29, 1.82) is 0 Å². The van der Waals surface area contributed by atoms with E-state index in [-0.39, 0.29) is 5.56 Å². The molecule has 0 spiro atoms. The summed E-state index contributed by atoms with van der Waals surface area (Å²) in [5.41, 5.74) is 2.94. The van der Waals surface area contributed by atoms with Gasteiger partial charge in [-0.05, 0) is 36.8 Å². The molecule has 0 saturated heterocycles. The first-order valence-corrected chi connectivity index (χ1v) is 9.43. The number of halogens is 1. The highest BCUT2D eigenvalue weighted by atomic mass is 35.5. The van der Waals surface area contributed by atoms with Crippen molar-refractivity contribution in [2.75, 3.05) is 6.54 Å². The third-order valence-electron chi connectivity index (χ3n) is 4.44. The lowest BCUT2D eigenvalue weighted by atomic mass is 10.1. The van der Waals surface area contributed by atoms with Gasteiger partial charge in [-0.25, -0.2) is 4.98 Å². The zero-order valence-corrected chi connectivity index (χ0v) is 15.5. The molecule has 0 bridgehead atoms. The van der Waals surface area contributed by atoms with E-state index in [0.29, 0.717) is 12.4 Å². The standard InChI is InChI=1S/C19H18ClN3OS/c1-12-21-17-8-9-23(11-16(17)19(24)22-12)10-15-6-7-18(25-15)13-2-4-14(20)5-3-13/h2-7H,8-11H2,1H3,(H,21,22,24). The number of aromatic nitrogens is 2. The van der Waals surface area contributed by atoms with Gasteiger partial charge in [0.2, 0.25) is 0 Å². The number of nitrogens with one attached hydrogen (secondary N) is 1. The lowest BCUT2D eigenvalue weighted by Gasteiger charge is -2.27. The molecule has 1 aliphatic rings. The first-order chi connectivity index (χ1) is 12.1. The molecule has 128 valence electrons. The van der Waals surface area contributed by atoms with Gasteiger partial charge in [0.25, 0.3) is 5.56 Å². The highest BCUT2D eigenvalue weighted by Gasteiger charge is 2.21. The van der Waals surface area contributed by atoms with Crippen LogP contribution in [-0.4, -0.2) is 21.4 Å². The summed E-state index contributed by atoms with van der Waals surface area (Å²) in [6.07, 6.45) is 0.829. The normalized spacial score (nSPS) is 14.5. The molecule has 0 fully saturated rings. The summed E-state index contributed by atoms with van der Waals surface area (Å²) in [4.78, 5) is 24.3. The number of fused-ring (bicyclic) bond motifs is 1. The van der Waals surface area contributed by atoms with Gasteiger partial charge in [-0.2, -0.15) is 0 Å². The molecule has 4 nitrogen and oxygen atoms in total. The second kappa shape index (κ2) is 6.75. The first kappa shape index (κ1) is 16.5. The summed E-state index contributed by atoms with van der Waals surface area (Å²) in [5, 5.41) is 0.751. The molecule has 0 saturated carbocycles. The third kappa shape index (κ3) is 3.54. The maximum Gasteiger partial charge on any atom is 0.255 e. The molecule has 0 unspecified atom stereocenters. The van der Waals surface area contributed by atoms with Crippen LogP contribution in [0.2, 0.25) is 5.02 Å². The monoisotopic (exact) mass is 371 g/mol. The predicted molar refractivity (Wildman–Crippen MR) is 102 cm³/mol. The van der Waals surface area contributed by atoms with Crippen LogP contribution in [0.1, 0.15) is 22.0 Å². The highest BCUT2D eigenvalue weighted by Crippen LogP contribution is 2.30. The molecule has 0 atom stereocenters. The number of hydrogen-bond acceptors (Lipinski definition) is 4. The fourth-order valence-electron chi connectivity index (χ4n) is 3.19. The van der Waals surface area contributed by atoms with Crippen molar-refractivity contribution in [3.63, 3.8) is 0 Å². The van der Waals surface area contributed by atoms with Crippen LogP contribution in [-0.2, 0) is 19.5 Å². The molecule has 0 radical (unpaired) electrons. The molecular formula is C19H18ClN3OS. The second-order valence-corrected chi connectivity index (χ2v) is 7.91. The third-order valence-corrected chi connectivity index (χ3v) is 5.81. The Morgan fingerprint density at radius 1 is 1.24 bits per heavy atom. The van der Waals surface area contributed by atoms with Crippen molar-refractivity contribution in [2.24, 2.45) is 0 Å². The van der Waals surface area contributed by atoms with Crippen LogP contribution in [0, 0.1) is 6.92 Å². The maximum atomic E-state index is 12.2. The Kier molecular flexibility index (Phi) is 4.46. The number of benzene rings is 1. The summed E-state index contributed by atoms with van der Waals surface area (Å²) in [6.45, 7) is 4.27. The van der Waals surface area contributed by atoms with Crippen LogP contribution < -0.4 is 5.56 Å². The lowest BCUT2D eigenvalue weighted by molar-refractivity contribution is 0.243. The van der Waals surface area contributed by atoms with Crippen molar-refractivity contribution >= 4 is 22.9 Å². The summed E-state index contributed by atoms with van der Waals surface area (Å²) in [6, 6.07) is 12.2. The van der Waals surface area contributed by atoms with Crippen LogP contribution in [0.5, 0.6) is 0 Å². The van der Waals surface area contributed by atoms with E-state index in [9.17, 15) is 4.79 Å². The van der Waals surface area contributed by atoms with Gasteiger partial charge < -0.3 is 4.98 Å². The Morgan fingerprint density at radius 3 is 2.84 bits per heavy atom. The summed E-state index contributed by atoms with van der Waals surface area (Å²) >= 11 is 7.75. The van der Waals surface area contributed by atoms with E-state index >= 15 is 0 Å². The summed E-state index contributed by atoms with van der Waals surface area (Å²) in [7, 11) is 0. The van der Waals surface area contributed by atoms with E-state index in [2.05, 4.69) is 27.0 Å². The van der Waals surface area contributed by atoms with Gasteiger partial charge in [0.15, 0.2) is 0 Å².